The highest BCUT2D eigenvalue weighted by Crippen LogP contribution is 2.36. The summed E-state index contributed by atoms with van der Waals surface area (Å²) < 4.78 is 13.2. The maximum atomic E-state index is 13.3. The predicted molar refractivity (Wildman–Crippen MR) is 142 cm³/mol. The molecule has 2 aromatic carbocycles. The molecule has 4 rings (SSSR count). The van der Waals surface area contributed by atoms with E-state index < -0.39 is 11.5 Å². The van der Waals surface area contributed by atoms with Crippen LogP contribution in [0.15, 0.2) is 67.1 Å². The number of benzene rings is 2. The van der Waals surface area contributed by atoms with Gasteiger partial charge in [-0.1, -0.05) is 54.6 Å². The molecule has 0 saturated carbocycles. The van der Waals surface area contributed by atoms with Crippen LogP contribution in [0.4, 0.5) is 5.82 Å². The second-order valence-corrected chi connectivity index (χ2v) is 10.2. The number of nitrogens with one attached hydrogen (secondary N) is 1. The number of aromatic nitrogens is 2. The Labute approximate surface area is 222 Å². The van der Waals surface area contributed by atoms with Gasteiger partial charge < -0.3 is 25.1 Å². The summed E-state index contributed by atoms with van der Waals surface area (Å²) in [5.41, 5.74) is 8.02. The molecule has 1 aliphatic carbocycles. The molecular formula is C29H34N4O5. The lowest BCUT2D eigenvalue weighted by Crippen LogP contribution is -2.44. The number of hydrogen-bond donors (Lipinski definition) is 2. The van der Waals surface area contributed by atoms with E-state index in [0.29, 0.717) is 18.8 Å². The number of hydrogen-bond acceptors (Lipinski definition) is 7. The van der Waals surface area contributed by atoms with Gasteiger partial charge in [0.1, 0.15) is 6.10 Å². The van der Waals surface area contributed by atoms with Crippen molar-refractivity contribution < 1.29 is 23.9 Å². The molecule has 0 saturated heterocycles. The Balaban J connectivity index is 1.48. The summed E-state index contributed by atoms with van der Waals surface area (Å²) in [5.74, 6) is -1.40. The van der Waals surface area contributed by atoms with Crippen LogP contribution in [0.1, 0.15) is 49.9 Å². The topological polar surface area (TPSA) is 126 Å². The van der Waals surface area contributed by atoms with Gasteiger partial charge in [-0.25, -0.2) is 4.98 Å². The summed E-state index contributed by atoms with van der Waals surface area (Å²) in [6, 6.07) is 17.2. The van der Waals surface area contributed by atoms with Crippen LogP contribution in [0.2, 0.25) is 0 Å². The predicted octanol–water partition coefficient (Wildman–Crippen LogP) is 3.43. The van der Waals surface area contributed by atoms with Gasteiger partial charge in [0.05, 0.1) is 37.0 Å². The van der Waals surface area contributed by atoms with Crippen molar-refractivity contribution in [2.24, 2.45) is 11.7 Å². The van der Waals surface area contributed by atoms with E-state index in [1.807, 2.05) is 59.2 Å². The van der Waals surface area contributed by atoms with Crippen LogP contribution >= 0.6 is 0 Å². The van der Waals surface area contributed by atoms with Crippen LogP contribution in [0.25, 0.3) is 0 Å². The Bertz CT molecular complexity index is 1280. The fourth-order valence-corrected chi connectivity index (χ4v) is 4.60. The maximum absolute atomic E-state index is 13.3. The summed E-state index contributed by atoms with van der Waals surface area (Å²) in [6.45, 7) is 5.00. The number of nitrogens with two attached hydrogens (primary N) is 1. The molecule has 3 N–H and O–H groups in total. The zero-order chi connectivity index (χ0) is 27.3. The lowest BCUT2D eigenvalue weighted by atomic mass is 9.91. The third kappa shape index (κ3) is 6.73. The lowest BCUT2D eigenvalue weighted by Gasteiger charge is -2.22. The monoisotopic (exact) mass is 518 g/mol. The van der Waals surface area contributed by atoms with Crippen LogP contribution in [-0.2, 0) is 36.9 Å². The van der Waals surface area contributed by atoms with E-state index in [0.717, 1.165) is 16.7 Å². The molecular weight excluding hydrogens is 484 g/mol. The summed E-state index contributed by atoms with van der Waals surface area (Å²) >= 11 is 0. The molecule has 1 heterocycles. The molecule has 3 atom stereocenters. The van der Waals surface area contributed by atoms with Crippen molar-refractivity contribution >= 4 is 23.5 Å². The van der Waals surface area contributed by atoms with Gasteiger partial charge in [-0.05, 0) is 30.5 Å². The number of nitrogens with zero attached hydrogens (tertiary/aromatic N) is 2. The minimum absolute atomic E-state index is 0.0494. The SMILES string of the molecule is CC(=O)O[C@@H]1Cc2ccccc2C1n1cnc(NC(=O)C(COCc2ccccc2)CC(=O)C(C)(C)N)c1. The molecule has 2 unspecified atom stereocenters. The molecule has 3 aromatic rings. The zero-order valence-corrected chi connectivity index (χ0v) is 21.9. The number of carbonyl (C=O) groups is 3. The highest BCUT2D eigenvalue weighted by molar-refractivity contribution is 5.96. The smallest absolute Gasteiger partial charge is 0.302 e. The Morgan fingerprint density at radius 3 is 2.55 bits per heavy atom. The average Bonchev–Trinajstić information content (AvgIpc) is 3.46. The standard InChI is InChI=1S/C29H34N4O5/c1-19(34)38-24-13-21-11-7-8-12-23(21)27(24)33-15-26(31-18-33)32-28(36)22(14-25(35)29(2,3)30)17-37-16-20-9-5-4-6-10-20/h4-12,15,18,22,24,27H,13-14,16-17,30H2,1-3H3,(H,32,36)/t22?,24-,27?/m1/s1. The normalized spacial score (nSPS) is 17.5. The molecule has 9 nitrogen and oxygen atoms in total. The van der Waals surface area contributed by atoms with Crippen LogP contribution < -0.4 is 11.1 Å². The third-order valence-corrected chi connectivity index (χ3v) is 6.59. The van der Waals surface area contributed by atoms with Gasteiger partial charge >= 0.3 is 5.97 Å². The van der Waals surface area contributed by atoms with Gasteiger partial charge in [-0.15, -0.1) is 0 Å². The number of ketones is 1. The largest absolute Gasteiger partial charge is 0.460 e. The van der Waals surface area contributed by atoms with E-state index in [9.17, 15) is 14.4 Å². The third-order valence-electron chi connectivity index (χ3n) is 6.59. The van der Waals surface area contributed by atoms with Gasteiger partial charge in [0.2, 0.25) is 5.91 Å². The number of esters is 1. The number of amides is 1. The number of ether oxygens (including phenoxy) is 2. The van der Waals surface area contributed by atoms with Gasteiger partial charge in [0, 0.05) is 26.0 Å². The lowest BCUT2D eigenvalue weighted by molar-refractivity contribution is -0.147. The first-order valence-corrected chi connectivity index (χ1v) is 12.6. The Morgan fingerprint density at radius 2 is 1.84 bits per heavy atom. The number of rotatable bonds is 11. The number of Topliss-reactive ketones (excluding diaryl/α,β-unsaturated/α-hetero) is 1. The quantitative estimate of drug-likeness (QED) is 0.373. The van der Waals surface area contributed by atoms with Crippen molar-refractivity contribution in [3.05, 3.63) is 83.8 Å². The van der Waals surface area contributed by atoms with E-state index in [1.54, 1.807) is 26.4 Å². The molecule has 0 spiro atoms. The highest BCUT2D eigenvalue weighted by atomic mass is 16.5. The first-order chi connectivity index (χ1) is 18.1. The second-order valence-electron chi connectivity index (χ2n) is 10.2. The van der Waals surface area contributed by atoms with Crippen molar-refractivity contribution in [2.75, 3.05) is 11.9 Å². The van der Waals surface area contributed by atoms with E-state index in [2.05, 4.69) is 10.3 Å². The first kappa shape index (κ1) is 27.2. The molecule has 9 heteroatoms. The highest BCUT2D eigenvalue weighted by Gasteiger charge is 2.36. The van der Waals surface area contributed by atoms with E-state index >= 15 is 0 Å². The van der Waals surface area contributed by atoms with Gasteiger partial charge in [0.15, 0.2) is 11.6 Å². The van der Waals surface area contributed by atoms with E-state index in [1.165, 1.54) is 6.92 Å². The minimum atomic E-state index is -1.07. The van der Waals surface area contributed by atoms with Crippen molar-refractivity contribution in [1.29, 1.82) is 0 Å². The maximum Gasteiger partial charge on any atom is 0.302 e. The number of carbonyl (C=O) groups excluding carboxylic acids is 3. The van der Waals surface area contributed by atoms with Crippen LogP contribution in [0, 0.1) is 5.92 Å². The Kier molecular flexibility index (Phi) is 8.38. The Morgan fingerprint density at radius 1 is 1.13 bits per heavy atom. The van der Waals surface area contributed by atoms with Crippen molar-refractivity contribution in [3.63, 3.8) is 0 Å². The molecule has 38 heavy (non-hydrogen) atoms. The summed E-state index contributed by atoms with van der Waals surface area (Å²) in [7, 11) is 0. The molecule has 0 bridgehead atoms. The molecule has 0 radical (unpaired) electrons. The summed E-state index contributed by atoms with van der Waals surface area (Å²) in [4.78, 5) is 42.0. The fraction of sp³-hybridized carbons (Fsp3) is 0.379. The second kappa shape index (κ2) is 11.7. The average molecular weight is 519 g/mol. The van der Waals surface area contributed by atoms with E-state index in [4.69, 9.17) is 15.2 Å². The first-order valence-electron chi connectivity index (χ1n) is 12.6. The molecule has 1 aromatic heterocycles. The molecule has 1 aliphatic rings. The van der Waals surface area contributed by atoms with E-state index in [-0.39, 0.29) is 42.8 Å². The van der Waals surface area contributed by atoms with Gasteiger partial charge in [-0.2, -0.15) is 0 Å². The summed E-state index contributed by atoms with van der Waals surface area (Å²) in [6.07, 6.45) is 3.46. The van der Waals surface area contributed by atoms with Crippen molar-refractivity contribution in [1.82, 2.24) is 9.55 Å². The molecule has 0 aliphatic heterocycles. The Hall–Kier alpha value is -3.82. The van der Waals surface area contributed by atoms with Crippen molar-refractivity contribution in [3.8, 4) is 0 Å². The fourth-order valence-electron chi connectivity index (χ4n) is 4.60. The van der Waals surface area contributed by atoms with Gasteiger partial charge in [-0.3, -0.25) is 14.4 Å². The molecule has 0 fully saturated rings. The van der Waals surface area contributed by atoms with Crippen LogP contribution in [-0.4, -0.2) is 45.5 Å². The number of anilines is 1. The summed E-state index contributed by atoms with van der Waals surface area (Å²) in [5, 5.41) is 2.82. The number of imidazole rings is 1. The molecule has 200 valence electrons. The van der Waals surface area contributed by atoms with Crippen LogP contribution in [0.3, 0.4) is 0 Å². The zero-order valence-electron chi connectivity index (χ0n) is 21.9. The van der Waals surface area contributed by atoms with Gasteiger partial charge in [0.25, 0.3) is 0 Å². The van der Waals surface area contributed by atoms with Crippen LogP contribution in [0.5, 0.6) is 0 Å². The van der Waals surface area contributed by atoms with Crippen molar-refractivity contribution in [2.45, 2.75) is 57.9 Å². The molecule has 1 amide bonds. The minimum Gasteiger partial charge on any atom is -0.460 e. The number of fused-ring (bicyclic) bond motifs is 1.